The van der Waals surface area contributed by atoms with E-state index in [9.17, 15) is 14.7 Å². The molecule has 1 amide bonds. The maximum absolute atomic E-state index is 12.1. The minimum atomic E-state index is -2.17. The predicted molar refractivity (Wildman–Crippen MR) is 166 cm³/mol. The molecule has 4 rings (SSSR count). The van der Waals surface area contributed by atoms with Crippen LogP contribution in [-0.4, -0.2) is 63.9 Å². The lowest BCUT2D eigenvalue weighted by Crippen LogP contribution is -2.50. The molecule has 13 heteroatoms. The van der Waals surface area contributed by atoms with Gasteiger partial charge in [0.25, 0.3) is 0 Å². The number of carboxylic acids is 1. The lowest BCUT2D eigenvalue weighted by atomic mass is 9.86. The number of aromatic carboxylic acids is 1. The maximum Gasteiger partial charge on any atom is 0.248 e. The molecule has 1 aliphatic heterocycles. The predicted octanol–water partition coefficient (Wildman–Crippen LogP) is 1.68. The van der Waals surface area contributed by atoms with Crippen molar-refractivity contribution in [3.8, 4) is 0 Å². The summed E-state index contributed by atoms with van der Waals surface area (Å²) >= 11 is 0. The second kappa shape index (κ2) is 14.4. The first-order valence-electron chi connectivity index (χ1n) is 11.1. The highest BCUT2D eigenvalue weighted by Crippen LogP contribution is 2.42. The molecular weight excluding hydrogens is 528 g/mol. The van der Waals surface area contributed by atoms with Gasteiger partial charge in [-0.2, -0.15) is 0 Å². The number of carboxylic acid groups (broad SMARTS) is 1. The van der Waals surface area contributed by atoms with Crippen molar-refractivity contribution in [2.75, 3.05) is 33.1 Å². The van der Waals surface area contributed by atoms with E-state index in [1.54, 1.807) is 6.07 Å². The van der Waals surface area contributed by atoms with E-state index in [4.69, 9.17) is 5.73 Å². The minimum Gasteiger partial charge on any atom is -0.545 e. The lowest BCUT2D eigenvalue weighted by molar-refractivity contribution is -0.462. The molecule has 0 atom stereocenters. The van der Waals surface area contributed by atoms with E-state index in [-0.39, 0.29) is 47.4 Å². The van der Waals surface area contributed by atoms with Crippen LogP contribution in [0, 0.1) is 0 Å². The summed E-state index contributed by atoms with van der Waals surface area (Å²) in [4.78, 5) is 26.2. The van der Waals surface area contributed by atoms with Crippen molar-refractivity contribution in [2.24, 2.45) is 5.73 Å². The SMILES string of the molecule is CN(C)c1ccc2c(c1)[Si](C)(C)C1=CC(=[N+](C)C)C=CC1=C2c1cc(C(N)=O)ccc1C(=O)[O-].N.N.N.N.N.O. The Morgan fingerprint density at radius 3 is 2.00 bits per heavy atom. The summed E-state index contributed by atoms with van der Waals surface area (Å²) < 4.78 is 2.07. The van der Waals surface area contributed by atoms with Crippen LogP contribution in [0.1, 0.15) is 31.8 Å². The lowest BCUT2D eigenvalue weighted by Gasteiger charge is -2.38. The number of benzene rings is 2. The molecule has 1 aliphatic carbocycles. The largest absolute Gasteiger partial charge is 0.545 e. The van der Waals surface area contributed by atoms with E-state index in [0.29, 0.717) is 5.56 Å². The van der Waals surface area contributed by atoms with Crippen molar-refractivity contribution in [1.29, 1.82) is 0 Å². The van der Waals surface area contributed by atoms with Gasteiger partial charge in [-0.05, 0) is 63.0 Å². The van der Waals surface area contributed by atoms with Crippen LogP contribution < -0.4 is 51.7 Å². The Kier molecular flexibility index (Phi) is 14.6. The average Bonchev–Trinajstić information content (AvgIpc) is 2.78. The number of rotatable bonds is 4. The van der Waals surface area contributed by atoms with Gasteiger partial charge in [-0.3, -0.25) is 4.79 Å². The molecule has 40 heavy (non-hydrogen) atoms. The molecule has 222 valence electrons. The molecule has 2 aromatic rings. The topological polar surface area (TPSA) is 296 Å². The van der Waals surface area contributed by atoms with E-state index in [1.165, 1.54) is 22.5 Å². The third kappa shape index (κ3) is 6.60. The highest BCUT2D eigenvalue weighted by molar-refractivity contribution is 6.98. The summed E-state index contributed by atoms with van der Waals surface area (Å²) in [6.45, 7) is 4.64. The highest BCUT2D eigenvalue weighted by Gasteiger charge is 2.40. The number of fused-ring (bicyclic) bond motifs is 2. The van der Waals surface area contributed by atoms with Crippen LogP contribution >= 0.6 is 0 Å². The van der Waals surface area contributed by atoms with Gasteiger partial charge in [0.05, 0.1) is 5.97 Å². The molecule has 12 nitrogen and oxygen atoms in total. The van der Waals surface area contributed by atoms with Crippen molar-refractivity contribution in [3.63, 3.8) is 0 Å². The van der Waals surface area contributed by atoms with Crippen LogP contribution in [0.5, 0.6) is 0 Å². The number of nitrogens with zero attached hydrogens (tertiary/aromatic N) is 2. The van der Waals surface area contributed by atoms with Crippen molar-refractivity contribution in [3.05, 3.63) is 87.6 Å². The van der Waals surface area contributed by atoms with Gasteiger partial charge in [0.1, 0.15) is 22.2 Å². The average molecular weight is 575 g/mol. The van der Waals surface area contributed by atoms with E-state index < -0.39 is 20.0 Å². The van der Waals surface area contributed by atoms with Gasteiger partial charge >= 0.3 is 0 Å². The molecule has 0 radical (unpaired) electrons. The van der Waals surface area contributed by atoms with Crippen LogP contribution in [0.2, 0.25) is 13.1 Å². The number of carbonyl (C=O) groups is 2. The molecular formula is C27H46N8O4Si. The van der Waals surface area contributed by atoms with Crippen LogP contribution in [-0.2, 0) is 0 Å². The summed E-state index contributed by atoms with van der Waals surface area (Å²) in [7, 11) is 5.86. The van der Waals surface area contributed by atoms with Gasteiger partial charge in [-0.25, -0.2) is 4.58 Å². The number of hydrogen-bond donors (Lipinski definition) is 6. The van der Waals surface area contributed by atoms with Crippen molar-refractivity contribution in [2.45, 2.75) is 13.1 Å². The zero-order chi connectivity index (χ0) is 24.9. The number of amides is 1. The standard InChI is InChI=1S/C27H29N3O3Si.5H3N.H2O/c1-29(2)17-8-11-20-23(14-17)34(5,6)24-15-18(30(3)4)9-12-21(24)25(20)22-13-16(26(28)31)7-10-19(22)27(32)33;;;;;;/h7-15H,1-6H3,(H2-,28,31,32,33);5*1H3;1H2. The minimum absolute atomic E-state index is 0. The van der Waals surface area contributed by atoms with Gasteiger partial charge in [-0.1, -0.05) is 25.2 Å². The molecule has 1 heterocycles. The summed E-state index contributed by atoms with van der Waals surface area (Å²) in [5, 5.41) is 14.6. The molecule has 0 saturated heterocycles. The molecule has 19 N–H and O–H groups in total. The van der Waals surface area contributed by atoms with Gasteiger partial charge in [0.15, 0.2) is 5.71 Å². The normalized spacial score (nSPS) is 13.6. The Balaban J connectivity index is -0.00000228. The Labute approximate surface area is 237 Å². The zero-order valence-electron chi connectivity index (χ0n) is 24.4. The van der Waals surface area contributed by atoms with Crippen LogP contribution in [0.4, 0.5) is 5.69 Å². The van der Waals surface area contributed by atoms with Crippen LogP contribution in [0.3, 0.4) is 0 Å². The quantitative estimate of drug-likeness (QED) is 0.228. The van der Waals surface area contributed by atoms with Crippen molar-refractivity contribution >= 4 is 42.1 Å². The molecule has 0 saturated carbocycles. The first-order chi connectivity index (χ1) is 15.9. The third-order valence-electron chi connectivity index (χ3n) is 6.72. The van der Waals surface area contributed by atoms with Crippen LogP contribution in [0.15, 0.2) is 65.4 Å². The van der Waals surface area contributed by atoms with E-state index in [1.807, 2.05) is 40.3 Å². The second-order valence-electron chi connectivity index (χ2n) is 9.66. The molecule has 2 aliphatic rings. The van der Waals surface area contributed by atoms with Gasteiger partial charge in [0.2, 0.25) is 5.91 Å². The van der Waals surface area contributed by atoms with Gasteiger partial charge < -0.3 is 56.8 Å². The number of hydrogen-bond acceptors (Lipinski definition) is 9. The highest BCUT2D eigenvalue weighted by atomic mass is 28.3. The number of nitrogens with two attached hydrogens (primary N) is 1. The van der Waals surface area contributed by atoms with Crippen molar-refractivity contribution < 1.29 is 24.7 Å². The number of allylic oxidation sites excluding steroid dienone is 5. The Hall–Kier alpha value is -3.95. The van der Waals surface area contributed by atoms with E-state index in [2.05, 4.69) is 46.9 Å². The summed E-state index contributed by atoms with van der Waals surface area (Å²) in [6, 6.07) is 10.7. The molecule has 0 unspecified atom stereocenters. The zero-order valence-corrected chi connectivity index (χ0v) is 25.4. The molecule has 0 aromatic heterocycles. The molecule has 0 spiro atoms. The smallest absolute Gasteiger partial charge is 0.248 e. The first-order valence-corrected chi connectivity index (χ1v) is 14.1. The van der Waals surface area contributed by atoms with E-state index >= 15 is 0 Å². The molecule has 0 fully saturated rings. The maximum atomic E-state index is 12.1. The number of carbonyl (C=O) groups excluding carboxylic acids is 2. The summed E-state index contributed by atoms with van der Waals surface area (Å²) in [5.41, 5.74) is 11.2. The monoisotopic (exact) mass is 574 g/mol. The van der Waals surface area contributed by atoms with Crippen molar-refractivity contribution in [1.82, 2.24) is 30.8 Å². The fraction of sp³-hybridized carbons (Fsp3) is 0.222. The Morgan fingerprint density at radius 2 is 1.50 bits per heavy atom. The van der Waals surface area contributed by atoms with E-state index in [0.717, 1.165) is 28.1 Å². The number of anilines is 1. The fourth-order valence-electron chi connectivity index (χ4n) is 4.75. The first kappa shape index (κ1) is 40.5. The summed E-state index contributed by atoms with van der Waals surface area (Å²) in [6.07, 6.45) is 6.32. The van der Waals surface area contributed by atoms with Gasteiger partial charge in [0, 0.05) is 43.1 Å². The number of primary amides is 1. The molecule has 0 bridgehead atoms. The Bertz CT molecular complexity index is 1390. The Morgan fingerprint density at radius 1 is 0.900 bits per heavy atom. The fourth-order valence-corrected chi connectivity index (χ4v) is 7.82. The van der Waals surface area contributed by atoms with Crippen LogP contribution in [0.25, 0.3) is 5.57 Å². The van der Waals surface area contributed by atoms with Gasteiger partial charge in [-0.15, -0.1) is 0 Å². The second-order valence-corrected chi connectivity index (χ2v) is 14.0. The third-order valence-corrected chi connectivity index (χ3v) is 10.2. The molecule has 2 aromatic carbocycles. The summed E-state index contributed by atoms with van der Waals surface area (Å²) in [5.74, 6) is -1.90.